The van der Waals surface area contributed by atoms with E-state index in [1.165, 1.54) is 0 Å². The van der Waals surface area contributed by atoms with Crippen LogP contribution in [0, 0.1) is 0 Å². The van der Waals surface area contributed by atoms with E-state index in [9.17, 15) is 4.79 Å². The molecule has 0 radical (unpaired) electrons. The molecular formula is C19H16O3S. The summed E-state index contributed by atoms with van der Waals surface area (Å²) in [4.78, 5) is 13.9. The molecule has 3 rings (SSSR count). The van der Waals surface area contributed by atoms with Crippen molar-refractivity contribution in [2.24, 2.45) is 0 Å². The van der Waals surface area contributed by atoms with Crippen LogP contribution in [0.3, 0.4) is 0 Å². The van der Waals surface area contributed by atoms with Gasteiger partial charge in [-0.3, -0.25) is 4.79 Å². The summed E-state index contributed by atoms with van der Waals surface area (Å²) in [5.41, 5.74) is 2.01. The minimum atomic E-state index is 0.000358. The lowest BCUT2D eigenvalue weighted by atomic mass is 10.1. The summed E-state index contributed by atoms with van der Waals surface area (Å²) in [7, 11) is 3.27. The van der Waals surface area contributed by atoms with Gasteiger partial charge in [0.05, 0.1) is 14.2 Å². The van der Waals surface area contributed by atoms with Crippen molar-refractivity contribution in [2.75, 3.05) is 14.2 Å². The number of ether oxygens (including phenoxy) is 2. The monoisotopic (exact) mass is 324 g/mol. The fourth-order valence-corrected chi connectivity index (χ4v) is 3.37. The molecule has 0 atom stereocenters. The van der Waals surface area contributed by atoms with E-state index >= 15 is 0 Å². The highest BCUT2D eigenvalue weighted by atomic mass is 32.1. The van der Waals surface area contributed by atoms with E-state index in [-0.39, 0.29) is 5.43 Å². The Balaban J connectivity index is 2.02. The molecule has 0 fully saturated rings. The third-order valence-electron chi connectivity index (χ3n) is 3.52. The number of benzene rings is 2. The van der Waals surface area contributed by atoms with Gasteiger partial charge in [0.15, 0.2) is 5.43 Å². The lowest BCUT2D eigenvalue weighted by molar-refractivity contribution is 0.415. The normalized spacial score (nSPS) is 10.3. The molecule has 116 valence electrons. The number of rotatable bonds is 4. The molecule has 0 aliphatic rings. The first kappa shape index (κ1) is 15.3. The van der Waals surface area contributed by atoms with Crippen molar-refractivity contribution in [2.45, 2.75) is 0 Å². The standard InChI is InChI=1S/C19H16O3S/c1-21-16-7-3-13(4-8-16)18-11-15(20)12-19(23-18)14-5-9-17(22-2)10-6-14/h3-12H,1-2H3. The third kappa shape index (κ3) is 3.43. The Morgan fingerprint density at radius 1 is 0.696 bits per heavy atom. The van der Waals surface area contributed by atoms with Crippen molar-refractivity contribution in [1.29, 1.82) is 0 Å². The molecule has 1 aromatic heterocycles. The Kier molecular flexibility index (Phi) is 4.44. The predicted molar refractivity (Wildman–Crippen MR) is 94.6 cm³/mol. The Bertz CT molecular complexity index is 780. The molecule has 0 unspecified atom stereocenters. The van der Waals surface area contributed by atoms with Crippen LogP contribution in [0.4, 0.5) is 0 Å². The van der Waals surface area contributed by atoms with E-state index in [4.69, 9.17) is 9.47 Å². The van der Waals surface area contributed by atoms with Crippen molar-refractivity contribution >= 4 is 11.3 Å². The van der Waals surface area contributed by atoms with Crippen molar-refractivity contribution in [3.05, 3.63) is 70.9 Å². The highest BCUT2D eigenvalue weighted by Gasteiger charge is 2.06. The Morgan fingerprint density at radius 2 is 1.09 bits per heavy atom. The van der Waals surface area contributed by atoms with Gasteiger partial charge in [-0.15, -0.1) is 11.3 Å². The van der Waals surface area contributed by atoms with E-state index < -0.39 is 0 Å². The largest absolute Gasteiger partial charge is 0.497 e. The van der Waals surface area contributed by atoms with Gasteiger partial charge in [-0.2, -0.15) is 0 Å². The molecule has 0 N–H and O–H groups in total. The summed E-state index contributed by atoms with van der Waals surface area (Å²) in [6, 6.07) is 18.8. The average Bonchev–Trinajstić information content (AvgIpc) is 2.61. The van der Waals surface area contributed by atoms with E-state index in [0.29, 0.717) is 0 Å². The molecule has 0 spiro atoms. The van der Waals surface area contributed by atoms with Gasteiger partial charge in [-0.1, -0.05) is 0 Å². The van der Waals surface area contributed by atoms with E-state index in [0.717, 1.165) is 32.4 Å². The van der Waals surface area contributed by atoms with Crippen LogP contribution in [-0.2, 0) is 0 Å². The predicted octanol–water partition coefficient (Wildman–Crippen LogP) is 4.46. The number of methoxy groups -OCH3 is 2. The van der Waals surface area contributed by atoms with Gasteiger partial charge >= 0.3 is 0 Å². The van der Waals surface area contributed by atoms with Gasteiger partial charge < -0.3 is 9.47 Å². The van der Waals surface area contributed by atoms with Crippen LogP contribution in [0.5, 0.6) is 11.5 Å². The first-order chi connectivity index (χ1) is 11.2. The zero-order chi connectivity index (χ0) is 16.2. The fourth-order valence-electron chi connectivity index (χ4n) is 2.27. The lowest BCUT2D eigenvalue weighted by Crippen LogP contribution is -1.96. The molecule has 4 heteroatoms. The molecule has 3 aromatic rings. The second-order valence-electron chi connectivity index (χ2n) is 4.98. The van der Waals surface area contributed by atoms with Crippen LogP contribution in [0.25, 0.3) is 20.9 Å². The van der Waals surface area contributed by atoms with Crippen LogP contribution in [0.1, 0.15) is 0 Å². The van der Waals surface area contributed by atoms with Crippen LogP contribution in [-0.4, -0.2) is 14.2 Å². The molecule has 0 bridgehead atoms. The fraction of sp³-hybridized carbons (Fsp3) is 0.105. The van der Waals surface area contributed by atoms with Crippen molar-refractivity contribution < 1.29 is 9.47 Å². The van der Waals surface area contributed by atoms with Crippen LogP contribution < -0.4 is 14.9 Å². The average molecular weight is 324 g/mol. The Morgan fingerprint density at radius 3 is 1.43 bits per heavy atom. The molecule has 0 aliphatic heterocycles. The smallest absolute Gasteiger partial charge is 0.181 e. The van der Waals surface area contributed by atoms with Gasteiger partial charge in [-0.25, -0.2) is 0 Å². The maximum atomic E-state index is 12.1. The molecule has 0 saturated heterocycles. The van der Waals surface area contributed by atoms with Gasteiger partial charge in [0.1, 0.15) is 11.5 Å². The van der Waals surface area contributed by atoms with Gasteiger partial charge in [0.2, 0.25) is 0 Å². The summed E-state index contributed by atoms with van der Waals surface area (Å²) in [5, 5.41) is 0. The Hall–Kier alpha value is -2.59. The summed E-state index contributed by atoms with van der Waals surface area (Å²) in [5.74, 6) is 1.60. The maximum absolute atomic E-state index is 12.1. The van der Waals surface area contributed by atoms with Crippen molar-refractivity contribution in [3.8, 4) is 32.4 Å². The lowest BCUT2D eigenvalue weighted by Gasteiger charge is -2.06. The number of hydrogen-bond acceptors (Lipinski definition) is 4. The van der Waals surface area contributed by atoms with E-state index in [2.05, 4.69) is 0 Å². The summed E-state index contributed by atoms with van der Waals surface area (Å²) in [6.07, 6.45) is 0. The van der Waals surface area contributed by atoms with Crippen LogP contribution in [0.2, 0.25) is 0 Å². The van der Waals surface area contributed by atoms with E-state index in [1.54, 1.807) is 37.7 Å². The molecule has 23 heavy (non-hydrogen) atoms. The quantitative estimate of drug-likeness (QED) is 0.711. The molecule has 0 amide bonds. The topological polar surface area (TPSA) is 35.5 Å². The highest BCUT2D eigenvalue weighted by Crippen LogP contribution is 2.32. The molecular weight excluding hydrogens is 308 g/mol. The van der Waals surface area contributed by atoms with Crippen molar-refractivity contribution in [1.82, 2.24) is 0 Å². The highest BCUT2D eigenvalue weighted by molar-refractivity contribution is 7.18. The zero-order valence-electron chi connectivity index (χ0n) is 12.9. The maximum Gasteiger partial charge on any atom is 0.181 e. The second-order valence-corrected chi connectivity index (χ2v) is 6.06. The zero-order valence-corrected chi connectivity index (χ0v) is 13.7. The van der Waals surface area contributed by atoms with Gasteiger partial charge in [0, 0.05) is 21.9 Å². The second kappa shape index (κ2) is 6.67. The SMILES string of the molecule is COc1ccc(-c2cc(=O)cc(-c3ccc(OC)cc3)s2)cc1. The van der Waals surface area contributed by atoms with Gasteiger partial charge in [-0.05, 0) is 59.7 Å². The first-order valence-electron chi connectivity index (χ1n) is 7.13. The molecule has 2 aromatic carbocycles. The van der Waals surface area contributed by atoms with Gasteiger partial charge in [0.25, 0.3) is 0 Å². The first-order valence-corrected chi connectivity index (χ1v) is 7.95. The minimum absolute atomic E-state index is 0.000358. The summed E-state index contributed by atoms with van der Waals surface area (Å²) < 4.78 is 10.3. The van der Waals surface area contributed by atoms with Crippen LogP contribution >= 0.6 is 11.3 Å². The molecule has 3 nitrogen and oxygen atoms in total. The van der Waals surface area contributed by atoms with E-state index in [1.807, 2.05) is 48.5 Å². The molecule has 0 aliphatic carbocycles. The summed E-state index contributed by atoms with van der Waals surface area (Å²) >= 11 is 1.59. The molecule has 0 saturated carbocycles. The molecule has 1 heterocycles. The Labute approximate surface area is 138 Å². The third-order valence-corrected chi connectivity index (χ3v) is 4.66. The van der Waals surface area contributed by atoms with Crippen molar-refractivity contribution in [3.63, 3.8) is 0 Å². The van der Waals surface area contributed by atoms with Crippen LogP contribution in [0.15, 0.2) is 65.5 Å². The number of hydrogen-bond donors (Lipinski definition) is 0. The summed E-state index contributed by atoms with van der Waals surface area (Å²) in [6.45, 7) is 0. The minimum Gasteiger partial charge on any atom is -0.497 e.